The number of ether oxygens (including phenoxy) is 1. The van der Waals surface area contributed by atoms with Crippen molar-refractivity contribution in [3.8, 4) is 11.5 Å². The monoisotopic (exact) mass is 785 g/mol. The number of hydrogen-bond acceptors (Lipinski definition) is 9. The summed E-state index contributed by atoms with van der Waals surface area (Å²) < 4.78 is 110. The molecule has 0 bridgehead atoms. The van der Waals surface area contributed by atoms with Crippen LogP contribution < -0.4 is 24.8 Å². The van der Waals surface area contributed by atoms with Crippen molar-refractivity contribution in [1.82, 2.24) is 4.58 Å². The second kappa shape index (κ2) is 13.0. The number of anilines is 1. The van der Waals surface area contributed by atoms with Gasteiger partial charge in [-0.3, -0.25) is 18.5 Å². The van der Waals surface area contributed by atoms with Crippen molar-refractivity contribution in [1.29, 1.82) is 0 Å². The molecule has 16 heteroatoms. The third kappa shape index (κ3) is 7.75. The summed E-state index contributed by atoms with van der Waals surface area (Å²) >= 11 is 0. The molecule has 0 fully saturated rings. The number of nitrogens with zero attached hydrogens (tertiary/aromatic N) is 2. The molecule has 0 aliphatic carbocycles. The number of hydrogen-bond donors (Lipinski definition) is 3. The summed E-state index contributed by atoms with van der Waals surface area (Å²) in [5.41, 5.74) is 2.62. The Hall–Kier alpha value is -4.19. The summed E-state index contributed by atoms with van der Waals surface area (Å²) in [4.78, 5) is 15.7. The predicted molar refractivity (Wildman–Crippen MR) is 203 cm³/mol. The minimum atomic E-state index is -4.46. The molecule has 3 aromatic carbocycles. The van der Waals surface area contributed by atoms with E-state index in [0.29, 0.717) is 66.7 Å². The van der Waals surface area contributed by atoms with Crippen LogP contribution in [0.4, 0.5) is 5.69 Å². The summed E-state index contributed by atoms with van der Waals surface area (Å²) in [6.45, 7) is 7.61. The van der Waals surface area contributed by atoms with Gasteiger partial charge in [0.05, 0.1) is 22.9 Å². The molecule has 0 aromatic heterocycles. The van der Waals surface area contributed by atoms with Crippen molar-refractivity contribution < 1.29 is 48.4 Å². The minimum Gasteiger partial charge on any atom is -0.456 e. The van der Waals surface area contributed by atoms with Gasteiger partial charge in [0.1, 0.15) is 30.1 Å². The van der Waals surface area contributed by atoms with E-state index in [1.807, 2.05) is 51.3 Å². The number of benzene rings is 3. The molecular weight excluding hydrogens is 745 g/mol. The van der Waals surface area contributed by atoms with Gasteiger partial charge in [-0.2, -0.15) is 25.3 Å². The highest BCUT2D eigenvalue weighted by atomic mass is 32.2. The van der Waals surface area contributed by atoms with E-state index >= 15 is 0 Å². The van der Waals surface area contributed by atoms with Gasteiger partial charge in [0.25, 0.3) is 30.4 Å². The van der Waals surface area contributed by atoms with Gasteiger partial charge >= 0.3 is 0 Å². The van der Waals surface area contributed by atoms with E-state index in [0.717, 1.165) is 0 Å². The highest BCUT2D eigenvalue weighted by Gasteiger charge is 2.37. The van der Waals surface area contributed by atoms with Crippen molar-refractivity contribution in [2.24, 2.45) is 0 Å². The Morgan fingerprint density at radius 2 is 1.40 bits per heavy atom. The summed E-state index contributed by atoms with van der Waals surface area (Å²) in [6.07, 6.45) is 3.20. The number of rotatable bonds is 10. The van der Waals surface area contributed by atoms with Crippen molar-refractivity contribution in [3.05, 3.63) is 99.1 Å². The van der Waals surface area contributed by atoms with Crippen molar-refractivity contribution in [2.45, 2.75) is 51.6 Å². The molecule has 53 heavy (non-hydrogen) atoms. The molecule has 0 amide bonds. The van der Waals surface area contributed by atoms with Gasteiger partial charge in [0.15, 0.2) is 11.3 Å². The standard InChI is InChI=1S/C37H40N2O11S3/c1-36(2)18-22(20-52(44,45)46)26-14-28-33(16-30(26)38(36)5)50-34-17-31-27(23(21-53(47,48)49)19-37(3,4)39(31)6)15-29(34)35(28)25-11-8-7-10-24(25)32(40)12-9-13-51(41,42)43/h7-8,10-11,14-19H,9,12-13,20-21H2,1-6H3,(H2-,41,42,43,44,45,46,47,48,49)/p+1. The summed E-state index contributed by atoms with van der Waals surface area (Å²) in [5.74, 6) is -1.57. The topological polar surface area (TPSA) is 196 Å². The zero-order chi connectivity index (χ0) is 39.1. The van der Waals surface area contributed by atoms with E-state index in [2.05, 4.69) is 0 Å². The van der Waals surface area contributed by atoms with Crippen LogP contribution in [-0.4, -0.2) is 87.1 Å². The maximum atomic E-state index is 13.8. The molecule has 0 radical (unpaired) electrons. The number of likely N-dealkylation sites (N-methyl/N-ethyl adjacent to an activating group) is 2. The average Bonchev–Trinajstić information content (AvgIpc) is 3.01. The lowest BCUT2D eigenvalue weighted by Crippen LogP contribution is -2.47. The zero-order valence-electron chi connectivity index (χ0n) is 30.0. The quantitative estimate of drug-likeness (QED) is 0.120. The van der Waals surface area contributed by atoms with Gasteiger partial charge < -0.3 is 9.64 Å². The lowest BCUT2D eigenvalue weighted by Gasteiger charge is -2.41. The number of ketones is 1. The Morgan fingerprint density at radius 3 is 2.02 bits per heavy atom. The first-order chi connectivity index (χ1) is 24.4. The second-order valence-corrected chi connectivity index (χ2v) is 19.3. The van der Waals surface area contributed by atoms with Crippen molar-refractivity contribution >= 4 is 58.5 Å². The molecule has 3 aliphatic rings. The third-order valence-electron chi connectivity index (χ3n) is 10.1. The fraction of sp³-hybridized carbons (Fsp3) is 0.351. The first kappa shape index (κ1) is 38.5. The highest BCUT2D eigenvalue weighted by molar-refractivity contribution is 7.86. The Labute approximate surface area is 308 Å². The van der Waals surface area contributed by atoms with Crippen LogP contribution in [0.25, 0.3) is 16.7 Å². The lowest BCUT2D eigenvalue weighted by molar-refractivity contribution is 0.0981. The molecular formula is C37H41N2O11S3+. The summed E-state index contributed by atoms with van der Waals surface area (Å²) in [6, 6.07) is 13.8. The maximum absolute atomic E-state index is 13.8. The molecule has 282 valence electrons. The van der Waals surface area contributed by atoms with Crippen LogP contribution >= 0.6 is 0 Å². The van der Waals surface area contributed by atoms with E-state index in [1.54, 1.807) is 60.7 Å². The van der Waals surface area contributed by atoms with E-state index in [9.17, 15) is 43.7 Å². The van der Waals surface area contributed by atoms with Gasteiger partial charge in [-0.25, -0.2) is 4.58 Å². The largest absolute Gasteiger partial charge is 0.456 e. The Bertz CT molecular complexity index is 2640. The van der Waals surface area contributed by atoms with Gasteiger partial charge in [0, 0.05) is 66.6 Å². The maximum Gasteiger partial charge on any atom is 0.269 e. The SMILES string of the molecule is CN1c2cc3c(cc2C(CS(=O)(=O)O)=CC1(C)C)C(c1ccccc1C(=O)CCCS(=O)(=O)O)=c1cc2c(cc1O3)=[N+](C)C(C)(C)C=C2CS(=O)(=O)O. The molecule has 3 aliphatic heterocycles. The normalized spacial score (nSPS) is 17.5. The number of fused-ring (bicyclic) bond motifs is 4. The molecule has 3 aromatic rings. The second-order valence-electron chi connectivity index (χ2n) is 14.8. The fourth-order valence-corrected chi connectivity index (χ4v) is 9.04. The van der Waals surface area contributed by atoms with Gasteiger partial charge in [0.2, 0.25) is 5.36 Å². The predicted octanol–water partition coefficient (Wildman–Crippen LogP) is 3.57. The van der Waals surface area contributed by atoms with Crippen molar-refractivity contribution in [2.75, 3.05) is 36.3 Å². The average molecular weight is 786 g/mol. The van der Waals surface area contributed by atoms with E-state index in [-0.39, 0.29) is 18.4 Å². The number of Topliss-reactive ketones (excluding diaryl/α,β-unsaturated/α-hetero) is 1. The Balaban J connectivity index is 1.71. The molecule has 0 atom stereocenters. The molecule has 13 nitrogen and oxygen atoms in total. The number of carbonyl (C=O) groups excluding carboxylic acids is 1. The van der Waals surface area contributed by atoms with Gasteiger partial charge in [-0.1, -0.05) is 30.3 Å². The first-order valence-corrected chi connectivity index (χ1v) is 21.5. The van der Waals surface area contributed by atoms with Crippen LogP contribution in [0.2, 0.25) is 0 Å². The Kier molecular flexibility index (Phi) is 9.44. The molecule has 0 saturated carbocycles. The lowest BCUT2D eigenvalue weighted by atomic mass is 9.83. The van der Waals surface area contributed by atoms with Crippen LogP contribution in [0.1, 0.15) is 73.1 Å². The van der Waals surface area contributed by atoms with E-state index < -0.39 is 64.5 Å². The molecule has 0 spiro atoms. The molecule has 3 N–H and O–H groups in total. The molecule has 0 unspecified atom stereocenters. The van der Waals surface area contributed by atoms with Crippen molar-refractivity contribution in [3.63, 3.8) is 0 Å². The zero-order valence-corrected chi connectivity index (χ0v) is 32.5. The van der Waals surface area contributed by atoms with Crippen LogP contribution in [0, 0.1) is 0 Å². The smallest absolute Gasteiger partial charge is 0.269 e. The third-order valence-corrected chi connectivity index (χ3v) is 12.3. The van der Waals surface area contributed by atoms with E-state index in [1.165, 1.54) is 0 Å². The van der Waals surface area contributed by atoms with Crippen LogP contribution in [-0.2, 0) is 30.4 Å². The molecule has 3 heterocycles. The first-order valence-electron chi connectivity index (χ1n) is 16.7. The highest BCUT2D eigenvalue weighted by Crippen LogP contribution is 2.46. The Morgan fingerprint density at radius 1 is 0.774 bits per heavy atom. The molecule has 6 rings (SSSR count). The van der Waals surface area contributed by atoms with Crippen LogP contribution in [0.3, 0.4) is 0 Å². The number of carbonyl (C=O) groups is 1. The fourth-order valence-electron chi connectivity index (χ4n) is 7.27. The van der Waals surface area contributed by atoms with Crippen LogP contribution in [0.15, 0.2) is 60.7 Å². The summed E-state index contributed by atoms with van der Waals surface area (Å²) in [7, 11) is -9.53. The molecule has 0 saturated heterocycles. The van der Waals surface area contributed by atoms with E-state index in [4.69, 9.17) is 4.74 Å². The van der Waals surface area contributed by atoms with Gasteiger partial charge in [-0.05, 0) is 55.2 Å². The minimum absolute atomic E-state index is 0.129. The van der Waals surface area contributed by atoms with Gasteiger partial charge in [-0.15, -0.1) is 0 Å². The van der Waals surface area contributed by atoms with Crippen LogP contribution in [0.5, 0.6) is 11.5 Å². The summed E-state index contributed by atoms with van der Waals surface area (Å²) in [5, 5.41) is 1.09.